The van der Waals surface area contributed by atoms with Crippen LogP contribution in [0.2, 0.25) is 0 Å². The predicted molar refractivity (Wildman–Crippen MR) is 110 cm³/mol. The van der Waals surface area contributed by atoms with Crippen LogP contribution in [0.3, 0.4) is 0 Å². The van der Waals surface area contributed by atoms with Crippen molar-refractivity contribution in [3.8, 4) is 11.6 Å². The Kier molecular flexibility index (Phi) is 6.71. The van der Waals surface area contributed by atoms with Gasteiger partial charge in [-0.25, -0.2) is 14.2 Å². The highest BCUT2D eigenvalue weighted by Crippen LogP contribution is 2.31. The van der Waals surface area contributed by atoms with Gasteiger partial charge in [0, 0.05) is 30.8 Å². The number of halogens is 1. The fourth-order valence-corrected chi connectivity index (χ4v) is 3.54. The van der Waals surface area contributed by atoms with Gasteiger partial charge in [0.15, 0.2) is 0 Å². The van der Waals surface area contributed by atoms with Crippen molar-refractivity contribution in [2.75, 3.05) is 24.4 Å². The summed E-state index contributed by atoms with van der Waals surface area (Å²) in [5.41, 5.74) is 0.258. The number of rotatable bonds is 7. The Balaban J connectivity index is 1.62. The Hall–Kier alpha value is -3.36. The van der Waals surface area contributed by atoms with E-state index in [1.54, 1.807) is 12.1 Å². The average Bonchev–Trinajstić information content (AvgIpc) is 3.14. The molecule has 3 rings (SSSR count). The summed E-state index contributed by atoms with van der Waals surface area (Å²) in [6, 6.07) is 6.66. The van der Waals surface area contributed by atoms with E-state index < -0.39 is 17.4 Å². The lowest BCUT2D eigenvalue weighted by Crippen LogP contribution is -2.49. The summed E-state index contributed by atoms with van der Waals surface area (Å²) in [7, 11) is 1.50. The van der Waals surface area contributed by atoms with Crippen LogP contribution < -0.4 is 25.4 Å². The van der Waals surface area contributed by atoms with Gasteiger partial charge >= 0.3 is 6.03 Å². The third-order valence-corrected chi connectivity index (χ3v) is 4.85. The fourth-order valence-electron chi connectivity index (χ4n) is 3.54. The summed E-state index contributed by atoms with van der Waals surface area (Å²) in [4.78, 5) is 27.7. The minimum absolute atomic E-state index is 0.119. The Morgan fingerprint density at radius 1 is 1.13 bits per heavy atom. The molecule has 1 heterocycles. The summed E-state index contributed by atoms with van der Waals surface area (Å²) < 4.78 is 24.8. The normalized spacial score (nSPS) is 14.6. The van der Waals surface area contributed by atoms with E-state index >= 15 is 0 Å². The minimum atomic E-state index is -0.552. The number of ether oxygens (including phenoxy) is 2. The van der Waals surface area contributed by atoms with Gasteiger partial charge in [0.05, 0.1) is 24.5 Å². The number of carbonyl (C=O) groups is 2. The number of nitrogens with one attached hydrogen (secondary N) is 3. The largest absolute Gasteiger partial charge is 0.491 e. The molecular weight excluding hydrogens is 391 g/mol. The van der Waals surface area contributed by atoms with Gasteiger partial charge in [-0.05, 0) is 25.0 Å². The Labute approximate surface area is 174 Å². The van der Waals surface area contributed by atoms with Crippen molar-refractivity contribution in [3.05, 3.63) is 42.3 Å². The number of hydrogen-bond acceptors (Lipinski definition) is 5. The molecule has 3 N–H and O–H groups in total. The maximum Gasteiger partial charge on any atom is 0.323 e. The van der Waals surface area contributed by atoms with E-state index in [4.69, 9.17) is 9.47 Å². The number of amides is 3. The Morgan fingerprint density at radius 2 is 1.87 bits per heavy atom. The van der Waals surface area contributed by atoms with Crippen LogP contribution >= 0.6 is 0 Å². The van der Waals surface area contributed by atoms with Gasteiger partial charge in [-0.2, -0.15) is 0 Å². The van der Waals surface area contributed by atoms with Crippen LogP contribution in [0, 0.1) is 5.82 Å². The van der Waals surface area contributed by atoms with Gasteiger partial charge in [0.1, 0.15) is 18.2 Å². The first-order chi connectivity index (χ1) is 14.4. The smallest absolute Gasteiger partial charge is 0.323 e. The molecular formula is C21H25FN4O4. The van der Waals surface area contributed by atoms with Crippen molar-refractivity contribution in [3.63, 3.8) is 0 Å². The molecule has 0 spiro atoms. The van der Waals surface area contributed by atoms with E-state index in [1.807, 2.05) is 0 Å². The molecule has 30 heavy (non-hydrogen) atoms. The number of anilines is 2. The van der Waals surface area contributed by atoms with Crippen molar-refractivity contribution in [2.45, 2.75) is 38.1 Å². The second-order valence-electron chi connectivity index (χ2n) is 7.30. The molecule has 1 aliphatic rings. The molecule has 0 unspecified atom stereocenters. The number of nitrogens with zero attached hydrogens (tertiary/aromatic N) is 1. The van der Waals surface area contributed by atoms with Crippen LogP contribution in [-0.4, -0.2) is 36.2 Å². The van der Waals surface area contributed by atoms with Crippen molar-refractivity contribution in [1.29, 1.82) is 0 Å². The van der Waals surface area contributed by atoms with E-state index in [9.17, 15) is 14.0 Å². The van der Waals surface area contributed by atoms with E-state index in [-0.39, 0.29) is 24.0 Å². The SMILES string of the molecule is COc1ccc(NC(=O)Nc2cc(F)cc(OCC3(NC(C)=O)CCCC3)c2)cn1. The Bertz CT molecular complexity index is 898. The first-order valence-corrected chi connectivity index (χ1v) is 9.68. The number of carbonyl (C=O) groups excluding carboxylic acids is 2. The van der Waals surface area contributed by atoms with Gasteiger partial charge in [-0.15, -0.1) is 0 Å². The topological polar surface area (TPSA) is 102 Å². The van der Waals surface area contributed by atoms with Crippen molar-refractivity contribution in [1.82, 2.24) is 10.3 Å². The maximum absolute atomic E-state index is 14.0. The zero-order valence-electron chi connectivity index (χ0n) is 17.0. The molecule has 0 atom stereocenters. The quantitative estimate of drug-likeness (QED) is 0.639. The third-order valence-electron chi connectivity index (χ3n) is 4.85. The second-order valence-corrected chi connectivity index (χ2v) is 7.30. The molecule has 8 nitrogen and oxygen atoms in total. The highest BCUT2D eigenvalue weighted by atomic mass is 19.1. The summed E-state index contributed by atoms with van der Waals surface area (Å²) in [6.45, 7) is 1.71. The standard InChI is InChI=1S/C21H25FN4O4/c1-14(27)26-21(7-3-4-8-21)13-30-18-10-15(22)9-17(11-18)25-20(28)24-16-5-6-19(29-2)23-12-16/h5-6,9-12H,3-4,7-8,13H2,1-2H3,(H,26,27)(H2,24,25,28). The van der Waals surface area contributed by atoms with Gasteiger partial charge in [0.25, 0.3) is 0 Å². The van der Waals surface area contributed by atoms with Gasteiger partial charge < -0.3 is 25.4 Å². The molecule has 0 bridgehead atoms. The predicted octanol–water partition coefficient (Wildman–Crippen LogP) is 3.70. The monoisotopic (exact) mass is 416 g/mol. The number of hydrogen-bond donors (Lipinski definition) is 3. The van der Waals surface area contributed by atoms with E-state index in [1.165, 1.54) is 38.4 Å². The first-order valence-electron chi connectivity index (χ1n) is 9.68. The second kappa shape index (κ2) is 9.43. The number of aromatic nitrogens is 1. The average molecular weight is 416 g/mol. The lowest BCUT2D eigenvalue weighted by molar-refractivity contribution is -0.121. The molecule has 160 valence electrons. The molecule has 1 aromatic carbocycles. The maximum atomic E-state index is 14.0. The highest BCUT2D eigenvalue weighted by molar-refractivity contribution is 5.99. The minimum Gasteiger partial charge on any atom is -0.491 e. The summed E-state index contributed by atoms with van der Waals surface area (Å²) in [5.74, 6) is 0.0286. The number of benzene rings is 1. The summed E-state index contributed by atoms with van der Waals surface area (Å²) in [6.07, 6.45) is 5.07. The summed E-state index contributed by atoms with van der Waals surface area (Å²) in [5, 5.41) is 8.15. The molecule has 9 heteroatoms. The lowest BCUT2D eigenvalue weighted by Gasteiger charge is -2.29. The fraction of sp³-hybridized carbons (Fsp3) is 0.381. The highest BCUT2D eigenvalue weighted by Gasteiger charge is 2.35. The zero-order valence-corrected chi connectivity index (χ0v) is 17.0. The van der Waals surface area contributed by atoms with Gasteiger partial charge in [-0.1, -0.05) is 12.8 Å². The Morgan fingerprint density at radius 3 is 2.50 bits per heavy atom. The van der Waals surface area contributed by atoms with Crippen LogP contribution in [0.5, 0.6) is 11.6 Å². The van der Waals surface area contributed by atoms with Gasteiger partial charge in [-0.3, -0.25) is 4.79 Å². The van der Waals surface area contributed by atoms with Crippen LogP contribution in [-0.2, 0) is 4.79 Å². The molecule has 3 amide bonds. The zero-order chi connectivity index (χ0) is 21.6. The molecule has 1 fully saturated rings. The molecule has 0 aliphatic heterocycles. The molecule has 0 saturated heterocycles. The molecule has 0 radical (unpaired) electrons. The first kappa shape index (κ1) is 21.4. The van der Waals surface area contributed by atoms with Crippen LogP contribution in [0.4, 0.5) is 20.6 Å². The summed E-state index contributed by atoms with van der Waals surface area (Å²) >= 11 is 0. The van der Waals surface area contributed by atoms with E-state index in [0.717, 1.165) is 25.7 Å². The van der Waals surface area contributed by atoms with E-state index in [2.05, 4.69) is 20.9 Å². The van der Waals surface area contributed by atoms with Crippen LogP contribution in [0.1, 0.15) is 32.6 Å². The van der Waals surface area contributed by atoms with Gasteiger partial charge in [0.2, 0.25) is 11.8 Å². The van der Waals surface area contributed by atoms with Crippen molar-refractivity contribution < 1.29 is 23.5 Å². The van der Waals surface area contributed by atoms with E-state index in [0.29, 0.717) is 11.6 Å². The van der Waals surface area contributed by atoms with Crippen LogP contribution in [0.25, 0.3) is 0 Å². The van der Waals surface area contributed by atoms with Crippen molar-refractivity contribution >= 4 is 23.3 Å². The molecule has 1 saturated carbocycles. The molecule has 1 aromatic heterocycles. The molecule has 2 aromatic rings. The number of pyridine rings is 1. The number of urea groups is 1. The third kappa shape index (κ3) is 5.82. The lowest BCUT2D eigenvalue weighted by atomic mass is 9.99. The van der Waals surface area contributed by atoms with Crippen LogP contribution in [0.15, 0.2) is 36.5 Å². The molecule has 1 aliphatic carbocycles. The van der Waals surface area contributed by atoms with Crippen molar-refractivity contribution in [2.24, 2.45) is 0 Å². The number of methoxy groups -OCH3 is 1.